The molecule has 0 aliphatic heterocycles. The highest BCUT2D eigenvalue weighted by Crippen LogP contribution is 2.30. The fourth-order valence-electron chi connectivity index (χ4n) is 2.10. The molecule has 3 rings (SSSR count). The summed E-state index contributed by atoms with van der Waals surface area (Å²) in [5, 5.41) is 9.38. The monoisotopic (exact) mass is 310 g/mol. The molecule has 4 nitrogen and oxygen atoms in total. The van der Waals surface area contributed by atoms with Crippen molar-refractivity contribution in [1.82, 2.24) is 15.0 Å². The number of aryl methyl sites for hydroxylation is 1. The Morgan fingerprint density at radius 3 is 2.90 bits per heavy atom. The summed E-state index contributed by atoms with van der Waals surface area (Å²) in [5.74, 6) is 0. The number of rotatable bonds is 2. The van der Waals surface area contributed by atoms with E-state index in [-0.39, 0.29) is 0 Å². The Morgan fingerprint density at radius 1 is 1.43 bits per heavy atom. The van der Waals surface area contributed by atoms with Crippen LogP contribution in [0.15, 0.2) is 36.1 Å². The van der Waals surface area contributed by atoms with Crippen molar-refractivity contribution >= 4 is 23.6 Å². The second-order valence-electron chi connectivity index (χ2n) is 4.41. The van der Waals surface area contributed by atoms with Gasteiger partial charge in [-0.15, -0.1) is 11.3 Å². The molecule has 0 aliphatic rings. The van der Waals surface area contributed by atoms with Crippen LogP contribution < -0.4 is 0 Å². The van der Waals surface area contributed by atoms with E-state index in [1.165, 1.54) is 0 Å². The molecule has 3 heterocycles. The average molecular weight is 310 g/mol. The van der Waals surface area contributed by atoms with E-state index in [0.29, 0.717) is 10.2 Å². The molecule has 1 N–H and O–H groups in total. The highest BCUT2D eigenvalue weighted by molar-refractivity contribution is 7.71. The van der Waals surface area contributed by atoms with Gasteiger partial charge in [0.05, 0.1) is 16.8 Å². The van der Waals surface area contributed by atoms with Crippen molar-refractivity contribution in [1.29, 1.82) is 5.26 Å². The molecule has 3 aromatic rings. The van der Waals surface area contributed by atoms with Crippen molar-refractivity contribution in [2.24, 2.45) is 0 Å². The lowest BCUT2D eigenvalue weighted by molar-refractivity contribution is 1.24. The van der Waals surface area contributed by atoms with E-state index in [2.05, 4.69) is 21.0 Å². The summed E-state index contributed by atoms with van der Waals surface area (Å²) in [7, 11) is 0. The molecule has 0 aromatic carbocycles. The van der Waals surface area contributed by atoms with Gasteiger partial charge < -0.3 is 4.98 Å². The van der Waals surface area contributed by atoms with Crippen LogP contribution >= 0.6 is 23.6 Å². The summed E-state index contributed by atoms with van der Waals surface area (Å²) in [6, 6.07) is 7.88. The Balaban J connectivity index is 2.29. The first kappa shape index (κ1) is 13.6. The summed E-state index contributed by atoms with van der Waals surface area (Å²) in [4.78, 5) is 12.6. The van der Waals surface area contributed by atoms with Gasteiger partial charge in [-0.05, 0) is 25.1 Å². The third-order valence-electron chi connectivity index (χ3n) is 3.12. The number of pyridine rings is 2. The topological polar surface area (TPSA) is 65.4 Å². The van der Waals surface area contributed by atoms with Crippen LogP contribution in [0.25, 0.3) is 22.5 Å². The van der Waals surface area contributed by atoms with Crippen molar-refractivity contribution in [2.45, 2.75) is 6.92 Å². The maximum Gasteiger partial charge on any atom is 0.122 e. The molecule has 3 aromatic heterocycles. The van der Waals surface area contributed by atoms with Gasteiger partial charge in [0.2, 0.25) is 0 Å². The molecule has 102 valence electrons. The predicted molar refractivity (Wildman–Crippen MR) is 85.4 cm³/mol. The summed E-state index contributed by atoms with van der Waals surface area (Å²) in [6.07, 6.45) is 3.47. The van der Waals surface area contributed by atoms with E-state index in [0.717, 1.165) is 27.4 Å². The fraction of sp³-hybridized carbons (Fsp3) is 0.0667. The number of aromatic nitrogens is 3. The quantitative estimate of drug-likeness (QED) is 0.723. The number of nitrogens with zero attached hydrogens (tertiary/aromatic N) is 3. The molecule has 6 heteroatoms. The van der Waals surface area contributed by atoms with Crippen LogP contribution in [0, 0.1) is 22.9 Å². The van der Waals surface area contributed by atoms with Gasteiger partial charge in [0, 0.05) is 34.1 Å². The first-order chi connectivity index (χ1) is 10.2. The van der Waals surface area contributed by atoms with Gasteiger partial charge in [-0.25, -0.2) is 4.98 Å². The van der Waals surface area contributed by atoms with Gasteiger partial charge in [0.1, 0.15) is 10.7 Å². The van der Waals surface area contributed by atoms with Gasteiger partial charge in [0.25, 0.3) is 0 Å². The maximum atomic E-state index is 9.38. The zero-order chi connectivity index (χ0) is 14.8. The molecule has 0 spiro atoms. The maximum absolute atomic E-state index is 9.38. The Labute approximate surface area is 130 Å². The number of hydrogen-bond donors (Lipinski definition) is 1. The summed E-state index contributed by atoms with van der Waals surface area (Å²) in [6.45, 7) is 1.98. The Morgan fingerprint density at radius 2 is 2.29 bits per heavy atom. The molecular weight excluding hydrogens is 300 g/mol. The van der Waals surface area contributed by atoms with Crippen LogP contribution in [0.2, 0.25) is 0 Å². The molecule has 0 unspecified atom stereocenters. The number of nitrogens with one attached hydrogen (secondary N) is 1. The van der Waals surface area contributed by atoms with Gasteiger partial charge in [-0.3, -0.25) is 4.98 Å². The van der Waals surface area contributed by atoms with Crippen molar-refractivity contribution < 1.29 is 0 Å². The van der Waals surface area contributed by atoms with E-state index < -0.39 is 0 Å². The summed E-state index contributed by atoms with van der Waals surface area (Å²) < 4.78 is 0.418. The van der Waals surface area contributed by atoms with Crippen LogP contribution in [-0.4, -0.2) is 15.0 Å². The number of aromatic amines is 1. The van der Waals surface area contributed by atoms with Crippen LogP contribution in [0.1, 0.15) is 10.4 Å². The zero-order valence-electron chi connectivity index (χ0n) is 11.1. The van der Waals surface area contributed by atoms with Crippen LogP contribution in [0.3, 0.4) is 0 Å². The second kappa shape index (κ2) is 5.56. The third-order valence-corrected chi connectivity index (χ3v) is 4.18. The van der Waals surface area contributed by atoms with Gasteiger partial charge in [-0.2, -0.15) is 5.26 Å². The lowest BCUT2D eigenvalue weighted by Gasteiger charge is -2.07. The van der Waals surface area contributed by atoms with E-state index >= 15 is 0 Å². The summed E-state index contributed by atoms with van der Waals surface area (Å²) in [5.41, 5.74) is 5.54. The van der Waals surface area contributed by atoms with Gasteiger partial charge in [-0.1, -0.05) is 12.2 Å². The Bertz CT molecular complexity index is 888. The third kappa shape index (κ3) is 2.49. The first-order valence-electron chi connectivity index (χ1n) is 6.19. The molecule has 0 bridgehead atoms. The molecule has 21 heavy (non-hydrogen) atoms. The van der Waals surface area contributed by atoms with Crippen LogP contribution in [0.4, 0.5) is 0 Å². The minimum atomic E-state index is 0.418. The Hall–Kier alpha value is -2.36. The Kier molecular flexibility index (Phi) is 3.60. The molecule has 0 atom stereocenters. The van der Waals surface area contributed by atoms with E-state index in [1.54, 1.807) is 29.2 Å². The number of nitriles is 1. The van der Waals surface area contributed by atoms with Crippen molar-refractivity contribution in [2.75, 3.05) is 0 Å². The molecule has 0 aliphatic carbocycles. The number of H-pyrrole nitrogens is 1. The van der Waals surface area contributed by atoms with Crippen LogP contribution in [-0.2, 0) is 0 Å². The normalized spacial score (nSPS) is 10.3. The van der Waals surface area contributed by atoms with Crippen molar-refractivity contribution in [3.63, 3.8) is 0 Å². The van der Waals surface area contributed by atoms with E-state index in [4.69, 9.17) is 12.2 Å². The molecule has 0 radical (unpaired) electrons. The van der Waals surface area contributed by atoms with E-state index in [1.807, 2.05) is 25.1 Å². The molecule has 0 amide bonds. The van der Waals surface area contributed by atoms with Crippen molar-refractivity contribution in [3.8, 4) is 28.6 Å². The SMILES string of the molecule is Cc1scnc1-c1cc(-c2cccnc2)[nH]c(=S)c1C#N. The van der Waals surface area contributed by atoms with Gasteiger partial charge >= 0.3 is 0 Å². The van der Waals surface area contributed by atoms with Crippen LogP contribution in [0.5, 0.6) is 0 Å². The lowest BCUT2D eigenvalue weighted by Crippen LogP contribution is -1.94. The fourth-order valence-corrected chi connectivity index (χ4v) is 2.96. The standard InChI is InChI=1S/C15H10N4S2/c1-9-14(18-8-21-9)11-5-13(10-3-2-4-17-7-10)19-15(20)12(11)6-16/h2-5,7-8H,1H3,(H,19,20). The molecular formula is C15H10N4S2. The van der Waals surface area contributed by atoms with Crippen molar-refractivity contribution in [3.05, 3.63) is 51.2 Å². The molecule has 0 saturated carbocycles. The molecule has 0 fully saturated rings. The lowest BCUT2D eigenvalue weighted by atomic mass is 10.0. The summed E-state index contributed by atoms with van der Waals surface area (Å²) >= 11 is 6.87. The largest absolute Gasteiger partial charge is 0.345 e. The highest BCUT2D eigenvalue weighted by atomic mass is 32.1. The smallest absolute Gasteiger partial charge is 0.122 e. The van der Waals surface area contributed by atoms with Gasteiger partial charge in [0.15, 0.2) is 0 Å². The molecule has 0 saturated heterocycles. The first-order valence-corrected chi connectivity index (χ1v) is 7.48. The number of hydrogen-bond acceptors (Lipinski definition) is 5. The number of thiazole rings is 1. The van der Waals surface area contributed by atoms with E-state index in [9.17, 15) is 5.26 Å². The predicted octanol–water partition coefficient (Wildman–Crippen LogP) is 4.11. The minimum Gasteiger partial charge on any atom is -0.345 e. The zero-order valence-corrected chi connectivity index (χ0v) is 12.8. The minimum absolute atomic E-state index is 0.418. The second-order valence-corrected chi connectivity index (χ2v) is 5.88. The highest BCUT2D eigenvalue weighted by Gasteiger charge is 2.14. The average Bonchev–Trinajstić information content (AvgIpc) is 2.93.